The van der Waals surface area contributed by atoms with Gasteiger partial charge in [0.15, 0.2) is 0 Å². The second-order valence-electron chi connectivity index (χ2n) is 4.01. The third-order valence-corrected chi connectivity index (χ3v) is 2.75. The molecular formula is C14H19N3O. The van der Waals surface area contributed by atoms with Crippen LogP contribution in [0.5, 0.6) is 0 Å². The first kappa shape index (κ1) is 14.0. The minimum Gasteiger partial charge on any atom is -0.359 e. The number of para-hydroxylation sites is 1. The van der Waals surface area contributed by atoms with Crippen molar-refractivity contribution in [1.82, 2.24) is 5.32 Å². The number of anilines is 1. The number of hydrogen-bond donors (Lipinski definition) is 1. The van der Waals surface area contributed by atoms with Gasteiger partial charge in [0.1, 0.15) is 6.04 Å². The molecule has 18 heavy (non-hydrogen) atoms. The molecule has 0 aliphatic rings. The number of carbonyl (C=O) groups is 1. The molecule has 1 aromatic carbocycles. The van der Waals surface area contributed by atoms with Crippen molar-refractivity contribution in [3.8, 4) is 6.07 Å². The van der Waals surface area contributed by atoms with E-state index in [-0.39, 0.29) is 11.9 Å². The number of hydrogen-bond acceptors (Lipinski definition) is 3. The number of nitrogens with zero attached hydrogens (tertiary/aromatic N) is 2. The van der Waals surface area contributed by atoms with Gasteiger partial charge in [-0.15, -0.1) is 0 Å². The summed E-state index contributed by atoms with van der Waals surface area (Å²) in [7, 11) is 0. The number of benzene rings is 1. The molecule has 1 atom stereocenters. The van der Waals surface area contributed by atoms with E-state index in [4.69, 9.17) is 5.26 Å². The topological polar surface area (TPSA) is 56.1 Å². The van der Waals surface area contributed by atoms with Crippen LogP contribution in [0.4, 0.5) is 5.69 Å². The van der Waals surface area contributed by atoms with E-state index >= 15 is 0 Å². The van der Waals surface area contributed by atoms with Gasteiger partial charge in [-0.2, -0.15) is 5.26 Å². The summed E-state index contributed by atoms with van der Waals surface area (Å²) in [6.07, 6.45) is 0.401. The molecule has 4 heteroatoms. The van der Waals surface area contributed by atoms with E-state index in [1.54, 1.807) is 0 Å². The summed E-state index contributed by atoms with van der Waals surface area (Å²) < 4.78 is 0. The molecule has 96 valence electrons. The lowest BCUT2D eigenvalue weighted by molar-refractivity contribution is -0.121. The molecule has 0 saturated carbocycles. The molecule has 0 aromatic heterocycles. The highest BCUT2D eigenvalue weighted by molar-refractivity contribution is 5.84. The van der Waals surface area contributed by atoms with Crippen molar-refractivity contribution in [3.63, 3.8) is 0 Å². The molecule has 1 amide bonds. The lowest BCUT2D eigenvalue weighted by Gasteiger charge is -2.29. The minimum atomic E-state index is -0.277. The van der Waals surface area contributed by atoms with Crippen LogP contribution in [-0.2, 0) is 4.79 Å². The van der Waals surface area contributed by atoms with Crippen molar-refractivity contribution in [2.45, 2.75) is 26.3 Å². The Morgan fingerprint density at radius 1 is 1.44 bits per heavy atom. The number of nitrogens with one attached hydrogen (secondary N) is 1. The zero-order valence-corrected chi connectivity index (χ0v) is 10.9. The van der Waals surface area contributed by atoms with Crippen molar-refractivity contribution in [3.05, 3.63) is 30.3 Å². The maximum atomic E-state index is 11.9. The lowest BCUT2D eigenvalue weighted by Crippen LogP contribution is -2.45. The molecule has 1 rings (SSSR count). The van der Waals surface area contributed by atoms with E-state index in [0.29, 0.717) is 19.5 Å². The Bertz CT molecular complexity index is 411. The molecule has 0 saturated heterocycles. The van der Waals surface area contributed by atoms with Gasteiger partial charge in [-0.05, 0) is 26.0 Å². The third kappa shape index (κ3) is 3.77. The van der Waals surface area contributed by atoms with E-state index in [2.05, 4.69) is 11.4 Å². The molecule has 4 nitrogen and oxygen atoms in total. The summed E-state index contributed by atoms with van der Waals surface area (Å²) in [6.45, 7) is 4.92. The van der Waals surface area contributed by atoms with Crippen LogP contribution in [0.25, 0.3) is 0 Å². The molecule has 1 aromatic rings. The molecule has 0 spiro atoms. The Kier molecular flexibility index (Phi) is 5.72. The highest BCUT2D eigenvalue weighted by Gasteiger charge is 2.20. The van der Waals surface area contributed by atoms with Gasteiger partial charge >= 0.3 is 0 Å². The van der Waals surface area contributed by atoms with Crippen molar-refractivity contribution in [1.29, 1.82) is 5.26 Å². The first-order chi connectivity index (χ1) is 8.70. The maximum absolute atomic E-state index is 11.9. The van der Waals surface area contributed by atoms with Crippen LogP contribution in [-0.4, -0.2) is 25.0 Å². The fraction of sp³-hybridized carbons (Fsp3) is 0.429. The first-order valence-corrected chi connectivity index (χ1v) is 6.17. The molecule has 0 bridgehead atoms. The Morgan fingerprint density at radius 2 is 2.11 bits per heavy atom. The minimum absolute atomic E-state index is 0.0145. The summed E-state index contributed by atoms with van der Waals surface area (Å²) in [5.41, 5.74) is 0.964. The zero-order valence-electron chi connectivity index (χ0n) is 10.9. The lowest BCUT2D eigenvalue weighted by atomic mass is 10.2. The predicted octanol–water partition coefficient (Wildman–Crippen LogP) is 1.93. The van der Waals surface area contributed by atoms with Crippen LogP contribution in [0, 0.1) is 11.3 Å². The number of rotatable bonds is 6. The van der Waals surface area contributed by atoms with Crippen molar-refractivity contribution in [2.75, 3.05) is 18.0 Å². The fourth-order valence-electron chi connectivity index (χ4n) is 1.80. The monoisotopic (exact) mass is 245 g/mol. The summed E-state index contributed by atoms with van der Waals surface area (Å²) in [6, 6.07) is 11.5. The molecule has 1 N–H and O–H groups in total. The van der Waals surface area contributed by atoms with Gasteiger partial charge in [0.25, 0.3) is 0 Å². The van der Waals surface area contributed by atoms with Crippen LogP contribution in [0.15, 0.2) is 30.3 Å². The largest absolute Gasteiger partial charge is 0.359 e. The van der Waals surface area contributed by atoms with Gasteiger partial charge in [0.2, 0.25) is 5.91 Å². The molecular weight excluding hydrogens is 226 g/mol. The number of likely N-dealkylation sites (N-methyl/N-ethyl adjacent to an activating group) is 1. The highest BCUT2D eigenvalue weighted by Crippen LogP contribution is 2.16. The van der Waals surface area contributed by atoms with Gasteiger partial charge in [0, 0.05) is 18.8 Å². The van der Waals surface area contributed by atoms with Crippen LogP contribution in [0.1, 0.15) is 20.3 Å². The molecule has 0 aliphatic heterocycles. The first-order valence-electron chi connectivity index (χ1n) is 6.17. The molecule has 0 fully saturated rings. The van der Waals surface area contributed by atoms with Crippen molar-refractivity contribution in [2.24, 2.45) is 0 Å². The quantitative estimate of drug-likeness (QED) is 0.833. The zero-order chi connectivity index (χ0) is 13.4. The van der Waals surface area contributed by atoms with E-state index in [9.17, 15) is 4.79 Å². The van der Waals surface area contributed by atoms with E-state index in [1.807, 2.05) is 49.1 Å². The second-order valence-corrected chi connectivity index (χ2v) is 4.01. The summed E-state index contributed by atoms with van der Waals surface area (Å²) in [5.74, 6) is -0.0145. The molecule has 0 aliphatic carbocycles. The normalized spacial score (nSPS) is 11.4. The van der Waals surface area contributed by atoms with Crippen molar-refractivity contribution >= 4 is 11.6 Å². The Labute approximate surface area is 108 Å². The van der Waals surface area contributed by atoms with Gasteiger partial charge in [-0.25, -0.2) is 0 Å². The number of carbonyl (C=O) groups excluding carboxylic acids is 1. The van der Waals surface area contributed by atoms with Gasteiger partial charge in [-0.3, -0.25) is 4.79 Å². The van der Waals surface area contributed by atoms with E-state index in [1.165, 1.54) is 0 Å². The maximum Gasteiger partial charge on any atom is 0.242 e. The third-order valence-electron chi connectivity index (χ3n) is 2.75. The highest BCUT2D eigenvalue weighted by atomic mass is 16.2. The fourth-order valence-corrected chi connectivity index (χ4v) is 1.80. The molecule has 0 heterocycles. The van der Waals surface area contributed by atoms with Gasteiger partial charge in [0.05, 0.1) is 12.5 Å². The molecule has 0 radical (unpaired) electrons. The Morgan fingerprint density at radius 3 is 2.67 bits per heavy atom. The second kappa shape index (κ2) is 7.33. The van der Waals surface area contributed by atoms with Crippen LogP contribution >= 0.6 is 0 Å². The van der Waals surface area contributed by atoms with Crippen LogP contribution in [0.2, 0.25) is 0 Å². The molecule has 1 unspecified atom stereocenters. The van der Waals surface area contributed by atoms with Crippen LogP contribution in [0.3, 0.4) is 0 Å². The predicted molar refractivity (Wildman–Crippen MR) is 72.2 cm³/mol. The van der Waals surface area contributed by atoms with Crippen molar-refractivity contribution < 1.29 is 4.79 Å². The smallest absolute Gasteiger partial charge is 0.242 e. The average Bonchev–Trinajstić information content (AvgIpc) is 2.40. The van der Waals surface area contributed by atoms with E-state index in [0.717, 1.165) is 5.69 Å². The Hall–Kier alpha value is -2.02. The SMILES string of the molecule is CCNC(=O)C(C)N(CCC#N)c1ccccc1. The van der Waals surface area contributed by atoms with E-state index < -0.39 is 0 Å². The van der Waals surface area contributed by atoms with Crippen LogP contribution < -0.4 is 10.2 Å². The number of nitriles is 1. The standard InChI is InChI=1S/C14H19N3O/c1-3-16-14(18)12(2)17(11-7-10-15)13-8-5-4-6-9-13/h4-6,8-9,12H,3,7,11H2,1-2H3,(H,16,18). The summed E-state index contributed by atoms with van der Waals surface area (Å²) in [5, 5.41) is 11.5. The van der Waals surface area contributed by atoms with Gasteiger partial charge in [-0.1, -0.05) is 18.2 Å². The average molecular weight is 245 g/mol. The Balaban J connectivity index is 2.85. The summed E-state index contributed by atoms with van der Waals surface area (Å²) >= 11 is 0. The summed E-state index contributed by atoms with van der Waals surface area (Å²) in [4.78, 5) is 13.8. The van der Waals surface area contributed by atoms with Gasteiger partial charge < -0.3 is 10.2 Å². The number of amides is 1.